The molecule has 3 aromatic rings. The van der Waals surface area contributed by atoms with Crippen molar-refractivity contribution in [3.63, 3.8) is 0 Å². The van der Waals surface area contributed by atoms with Gasteiger partial charge in [0.2, 0.25) is 5.91 Å². The van der Waals surface area contributed by atoms with Gasteiger partial charge in [-0.25, -0.2) is 0 Å². The smallest absolute Gasteiger partial charge is 0.248 e. The van der Waals surface area contributed by atoms with Gasteiger partial charge >= 0.3 is 0 Å². The Bertz CT molecular complexity index is 1130. The summed E-state index contributed by atoms with van der Waals surface area (Å²) in [6, 6.07) is 21.5. The van der Waals surface area contributed by atoms with Gasteiger partial charge in [-0.05, 0) is 69.5 Å². The zero-order valence-electron chi connectivity index (χ0n) is 19.0. The van der Waals surface area contributed by atoms with Crippen LogP contribution in [0.3, 0.4) is 0 Å². The first-order valence-corrected chi connectivity index (χ1v) is 11.9. The molecule has 0 aromatic heterocycles. The molecule has 0 atom stereocenters. The Morgan fingerprint density at radius 3 is 2.53 bits per heavy atom. The zero-order valence-corrected chi connectivity index (χ0v) is 20.6. The summed E-state index contributed by atoms with van der Waals surface area (Å²) in [5.74, 6) is 0.996. The molecule has 4 rings (SSSR count). The fourth-order valence-corrected chi connectivity index (χ4v) is 4.21. The number of carbonyl (C=O) groups excluding carboxylic acids is 1. The minimum Gasteiger partial charge on any atom is -0.493 e. The van der Waals surface area contributed by atoms with Crippen LogP contribution in [0.2, 0.25) is 0 Å². The van der Waals surface area contributed by atoms with Crippen molar-refractivity contribution in [2.24, 2.45) is 0 Å². The molecule has 1 aliphatic heterocycles. The Morgan fingerprint density at radius 2 is 1.82 bits per heavy atom. The molecule has 34 heavy (non-hydrogen) atoms. The van der Waals surface area contributed by atoms with Crippen molar-refractivity contribution in [1.29, 1.82) is 0 Å². The summed E-state index contributed by atoms with van der Waals surface area (Å²) in [4.78, 5) is 14.7. The summed E-state index contributed by atoms with van der Waals surface area (Å²) >= 11 is 3.56. The van der Waals surface area contributed by atoms with Crippen LogP contribution < -0.4 is 19.7 Å². The van der Waals surface area contributed by atoms with Gasteiger partial charge in [-0.15, -0.1) is 0 Å². The van der Waals surface area contributed by atoms with E-state index in [0.717, 1.165) is 53.3 Å². The lowest BCUT2D eigenvalue weighted by molar-refractivity contribution is -0.111. The van der Waals surface area contributed by atoms with Crippen molar-refractivity contribution in [2.45, 2.75) is 6.61 Å². The lowest BCUT2D eigenvalue weighted by atomic mass is 10.1. The first-order valence-electron chi connectivity index (χ1n) is 11.1. The molecule has 176 valence electrons. The summed E-state index contributed by atoms with van der Waals surface area (Å²) in [6.07, 6.45) is 3.24. The maximum Gasteiger partial charge on any atom is 0.248 e. The first kappa shape index (κ1) is 23.9. The molecule has 1 fully saturated rings. The van der Waals surface area contributed by atoms with E-state index in [-0.39, 0.29) is 5.91 Å². The number of hydrogen-bond donors (Lipinski definition) is 1. The van der Waals surface area contributed by atoms with Crippen molar-refractivity contribution >= 4 is 39.3 Å². The van der Waals surface area contributed by atoms with E-state index in [1.165, 1.54) is 6.08 Å². The number of methoxy groups -OCH3 is 1. The molecule has 1 heterocycles. The largest absolute Gasteiger partial charge is 0.493 e. The van der Waals surface area contributed by atoms with Crippen LogP contribution in [0.1, 0.15) is 11.1 Å². The number of halogens is 1. The SMILES string of the molecule is COc1cc(C=CC(=O)Nc2ccc(N3CCOCC3)cc2)cc(Br)c1OCc1ccccc1. The van der Waals surface area contributed by atoms with E-state index in [9.17, 15) is 4.79 Å². The number of hydrogen-bond acceptors (Lipinski definition) is 5. The van der Waals surface area contributed by atoms with Gasteiger partial charge in [0.1, 0.15) is 6.61 Å². The molecule has 1 saturated heterocycles. The maximum absolute atomic E-state index is 12.4. The predicted molar refractivity (Wildman–Crippen MR) is 139 cm³/mol. The maximum atomic E-state index is 12.4. The van der Waals surface area contributed by atoms with Gasteiger partial charge in [-0.1, -0.05) is 30.3 Å². The lowest BCUT2D eigenvalue weighted by Crippen LogP contribution is -2.36. The number of ether oxygens (including phenoxy) is 3. The molecule has 0 saturated carbocycles. The standard InChI is InChI=1S/C27H27BrN2O4/c1-32-25-18-21(17-24(28)27(25)34-19-20-5-3-2-4-6-20)7-12-26(31)29-22-8-10-23(11-9-22)30-13-15-33-16-14-30/h2-12,17-18H,13-16,19H2,1H3,(H,29,31). The van der Waals surface area contributed by atoms with Crippen LogP contribution in [-0.4, -0.2) is 39.3 Å². The summed E-state index contributed by atoms with van der Waals surface area (Å²) in [5.41, 5.74) is 3.75. The van der Waals surface area contributed by atoms with E-state index in [2.05, 4.69) is 26.1 Å². The number of benzene rings is 3. The number of rotatable bonds is 8. The van der Waals surface area contributed by atoms with Gasteiger partial charge < -0.3 is 24.4 Å². The summed E-state index contributed by atoms with van der Waals surface area (Å²) in [5, 5.41) is 2.90. The number of nitrogens with zero attached hydrogens (tertiary/aromatic N) is 1. The number of nitrogens with one attached hydrogen (secondary N) is 1. The molecule has 1 aliphatic rings. The van der Waals surface area contributed by atoms with E-state index < -0.39 is 0 Å². The third kappa shape index (κ3) is 6.40. The van der Waals surface area contributed by atoms with Gasteiger partial charge in [-0.3, -0.25) is 4.79 Å². The van der Waals surface area contributed by atoms with E-state index in [1.54, 1.807) is 13.2 Å². The molecule has 0 radical (unpaired) electrons. The molecular formula is C27H27BrN2O4. The molecule has 3 aromatic carbocycles. The van der Waals surface area contributed by atoms with Crippen LogP contribution in [0.4, 0.5) is 11.4 Å². The average Bonchev–Trinajstić information content (AvgIpc) is 2.88. The van der Waals surface area contributed by atoms with Gasteiger partial charge in [0.25, 0.3) is 0 Å². The highest BCUT2D eigenvalue weighted by molar-refractivity contribution is 9.10. The van der Waals surface area contributed by atoms with Gasteiger partial charge in [0, 0.05) is 30.5 Å². The Labute approximate surface area is 208 Å². The fraction of sp³-hybridized carbons (Fsp3) is 0.222. The van der Waals surface area contributed by atoms with Crippen LogP contribution >= 0.6 is 15.9 Å². The van der Waals surface area contributed by atoms with Gasteiger partial charge in [0.15, 0.2) is 11.5 Å². The van der Waals surface area contributed by atoms with Crippen molar-refractivity contribution in [3.05, 3.63) is 88.4 Å². The van der Waals surface area contributed by atoms with Crippen LogP contribution in [0, 0.1) is 0 Å². The summed E-state index contributed by atoms with van der Waals surface area (Å²) < 4.78 is 17.6. The molecule has 1 N–H and O–H groups in total. The normalized spacial score (nSPS) is 13.6. The quantitative estimate of drug-likeness (QED) is 0.394. The monoisotopic (exact) mass is 522 g/mol. The van der Waals surface area contributed by atoms with Crippen molar-refractivity contribution in [3.8, 4) is 11.5 Å². The summed E-state index contributed by atoms with van der Waals surface area (Å²) in [6.45, 7) is 3.67. The molecule has 6 nitrogen and oxygen atoms in total. The van der Waals surface area contributed by atoms with E-state index in [0.29, 0.717) is 18.1 Å². The van der Waals surface area contributed by atoms with Crippen LogP contribution in [-0.2, 0) is 16.1 Å². The van der Waals surface area contributed by atoms with Gasteiger partial charge in [0.05, 0.1) is 24.8 Å². The third-order valence-corrected chi connectivity index (χ3v) is 6.01. The first-order chi connectivity index (χ1) is 16.6. The van der Waals surface area contributed by atoms with E-state index in [4.69, 9.17) is 14.2 Å². The van der Waals surface area contributed by atoms with Crippen molar-refractivity contribution in [1.82, 2.24) is 0 Å². The number of amides is 1. The van der Waals surface area contributed by atoms with Crippen LogP contribution in [0.5, 0.6) is 11.5 Å². The third-order valence-electron chi connectivity index (χ3n) is 5.42. The van der Waals surface area contributed by atoms with E-state index in [1.807, 2.05) is 66.7 Å². The molecule has 0 bridgehead atoms. The highest BCUT2D eigenvalue weighted by atomic mass is 79.9. The highest BCUT2D eigenvalue weighted by Crippen LogP contribution is 2.37. The Hall–Kier alpha value is -3.29. The van der Waals surface area contributed by atoms with Crippen molar-refractivity contribution in [2.75, 3.05) is 43.6 Å². The Morgan fingerprint density at radius 1 is 1.09 bits per heavy atom. The minimum atomic E-state index is -0.210. The second-order valence-electron chi connectivity index (χ2n) is 7.78. The molecule has 1 amide bonds. The molecular weight excluding hydrogens is 496 g/mol. The number of morpholine rings is 1. The van der Waals surface area contributed by atoms with Gasteiger partial charge in [-0.2, -0.15) is 0 Å². The highest BCUT2D eigenvalue weighted by Gasteiger charge is 2.12. The molecule has 0 aliphatic carbocycles. The summed E-state index contributed by atoms with van der Waals surface area (Å²) in [7, 11) is 1.60. The number of carbonyl (C=O) groups is 1. The second kappa shape index (κ2) is 11.7. The predicted octanol–water partition coefficient (Wildman–Crippen LogP) is 5.53. The zero-order chi connectivity index (χ0) is 23.8. The lowest BCUT2D eigenvalue weighted by Gasteiger charge is -2.28. The fourth-order valence-electron chi connectivity index (χ4n) is 3.64. The topological polar surface area (TPSA) is 60.0 Å². The molecule has 7 heteroatoms. The Balaban J connectivity index is 1.37. The van der Waals surface area contributed by atoms with Crippen molar-refractivity contribution < 1.29 is 19.0 Å². The molecule has 0 unspecified atom stereocenters. The van der Waals surface area contributed by atoms with Crippen LogP contribution in [0.15, 0.2) is 77.3 Å². The van der Waals surface area contributed by atoms with E-state index >= 15 is 0 Å². The van der Waals surface area contributed by atoms with Crippen LogP contribution in [0.25, 0.3) is 6.08 Å². The minimum absolute atomic E-state index is 0.210. The second-order valence-corrected chi connectivity index (χ2v) is 8.63. The average molecular weight is 523 g/mol. The Kier molecular flexibility index (Phi) is 8.22. The number of anilines is 2. The molecule has 0 spiro atoms.